The van der Waals surface area contributed by atoms with Gasteiger partial charge in [-0.25, -0.2) is 12.8 Å². The van der Waals surface area contributed by atoms with E-state index in [0.29, 0.717) is 11.6 Å². The number of nitrogens with zero attached hydrogens (tertiary/aromatic N) is 5. The van der Waals surface area contributed by atoms with Gasteiger partial charge < -0.3 is 15.1 Å². The molecule has 0 saturated carbocycles. The highest BCUT2D eigenvalue weighted by Crippen LogP contribution is 2.37. The summed E-state index contributed by atoms with van der Waals surface area (Å²) >= 11 is 5.81. The summed E-state index contributed by atoms with van der Waals surface area (Å²) in [6.07, 6.45) is 0. The van der Waals surface area contributed by atoms with E-state index in [0.717, 1.165) is 6.07 Å². The first-order valence-corrected chi connectivity index (χ1v) is 11.9. The number of sulfone groups is 1. The number of hydrogen-bond donors (Lipinski definition) is 1. The van der Waals surface area contributed by atoms with Gasteiger partial charge in [0.05, 0.1) is 34.1 Å². The first-order valence-electron chi connectivity index (χ1n) is 9.83. The highest BCUT2D eigenvalue weighted by atomic mass is 35.5. The predicted molar refractivity (Wildman–Crippen MR) is 117 cm³/mol. The van der Waals surface area contributed by atoms with Gasteiger partial charge in [0.1, 0.15) is 5.82 Å². The van der Waals surface area contributed by atoms with Crippen LogP contribution in [0.2, 0.25) is 5.15 Å². The molecule has 9 nitrogen and oxygen atoms in total. The van der Waals surface area contributed by atoms with Gasteiger partial charge in [-0.05, 0) is 24.3 Å². The fraction of sp³-hybridized carbons (Fsp3) is 0.400. The van der Waals surface area contributed by atoms with Gasteiger partial charge in [-0.3, -0.25) is 0 Å². The van der Waals surface area contributed by atoms with Crippen LogP contribution in [-0.2, 0) is 21.8 Å². The van der Waals surface area contributed by atoms with Gasteiger partial charge in [0.15, 0.2) is 15.0 Å². The van der Waals surface area contributed by atoms with E-state index in [2.05, 4.69) is 20.4 Å². The maximum Gasteiger partial charge on any atom is 0.250 e. The Bertz CT molecular complexity index is 1260. The van der Waals surface area contributed by atoms with Crippen LogP contribution in [0.3, 0.4) is 0 Å². The zero-order chi connectivity index (χ0) is 23.3. The van der Waals surface area contributed by atoms with Gasteiger partial charge >= 0.3 is 0 Å². The van der Waals surface area contributed by atoms with Crippen LogP contribution in [0.4, 0.5) is 10.1 Å². The third kappa shape index (κ3) is 4.45. The third-order valence-corrected chi connectivity index (χ3v) is 7.02. The molecule has 32 heavy (non-hydrogen) atoms. The SMILES string of the molecule is CC(C)(C)c1nnc(-c2cc3c(cc2F)S(=O)(=O)C[C@H](N)CN3Cc2ccc(Cl)nn2)o1. The average Bonchev–Trinajstić information content (AvgIpc) is 3.16. The monoisotopic (exact) mass is 480 g/mol. The lowest BCUT2D eigenvalue weighted by molar-refractivity contribution is 0.398. The summed E-state index contributed by atoms with van der Waals surface area (Å²) in [5, 5.41) is 16.1. The smallest absolute Gasteiger partial charge is 0.250 e. The van der Waals surface area contributed by atoms with Crippen molar-refractivity contribution in [2.75, 3.05) is 17.2 Å². The van der Waals surface area contributed by atoms with Crippen LogP contribution < -0.4 is 10.6 Å². The number of halogens is 2. The topological polar surface area (TPSA) is 128 Å². The molecule has 3 heterocycles. The molecular weight excluding hydrogens is 459 g/mol. The molecule has 12 heteroatoms. The number of benzene rings is 1. The summed E-state index contributed by atoms with van der Waals surface area (Å²) in [4.78, 5) is 1.58. The van der Waals surface area contributed by atoms with Crippen molar-refractivity contribution < 1.29 is 17.2 Å². The van der Waals surface area contributed by atoms with E-state index >= 15 is 4.39 Å². The highest BCUT2D eigenvalue weighted by Gasteiger charge is 2.33. The van der Waals surface area contributed by atoms with Crippen molar-refractivity contribution in [1.82, 2.24) is 20.4 Å². The maximum atomic E-state index is 15.1. The molecule has 3 aromatic rings. The van der Waals surface area contributed by atoms with Gasteiger partial charge in [0.25, 0.3) is 5.89 Å². The quantitative estimate of drug-likeness (QED) is 0.601. The number of nitrogens with two attached hydrogens (primary N) is 1. The molecule has 4 rings (SSSR count). The zero-order valence-electron chi connectivity index (χ0n) is 17.7. The van der Waals surface area contributed by atoms with E-state index in [1.165, 1.54) is 6.07 Å². The summed E-state index contributed by atoms with van der Waals surface area (Å²) in [6, 6.07) is 4.97. The second-order valence-corrected chi connectivity index (χ2v) is 11.1. The van der Waals surface area contributed by atoms with Crippen LogP contribution in [0.15, 0.2) is 33.6 Å². The first kappa shape index (κ1) is 22.6. The molecule has 2 aromatic heterocycles. The summed E-state index contributed by atoms with van der Waals surface area (Å²) in [6.45, 7) is 6.07. The highest BCUT2D eigenvalue weighted by molar-refractivity contribution is 7.91. The molecule has 1 aliphatic heterocycles. The van der Waals surface area contributed by atoms with E-state index in [-0.39, 0.29) is 46.0 Å². The molecule has 1 aromatic carbocycles. The summed E-state index contributed by atoms with van der Waals surface area (Å²) in [5.74, 6) is -0.786. The van der Waals surface area contributed by atoms with Crippen LogP contribution in [0.1, 0.15) is 32.4 Å². The number of aromatic nitrogens is 4. The minimum absolute atomic E-state index is 0.00427. The minimum atomic E-state index is -3.83. The Hall–Kier alpha value is -2.63. The molecule has 1 atom stereocenters. The van der Waals surface area contributed by atoms with Crippen molar-refractivity contribution in [3.63, 3.8) is 0 Å². The normalized spacial score (nSPS) is 18.3. The Labute approximate surface area is 189 Å². The zero-order valence-corrected chi connectivity index (χ0v) is 19.3. The number of anilines is 1. The number of rotatable bonds is 3. The Morgan fingerprint density at radius 1 is 1.22 bits per heavy atom. The van der Waals surface area contributed by atoms with Crippen LogP contribution in [-0.4, -0.2) is 47.2 Å². The lowest BCUT2D eigenvalue weighted by Crippen LogP contribution is -2.39. The van der Waals surface area contributed by atoms with Crippen LogP contribution in [0, 0.1) is 5.82 Å². The Balaban J connectivity index is 1.84. The Kier molecular flexibility index (Phi) is 5.68. The summed E-state index contributed by atoms with van der Waals surface area (Å²) < 4.78 is 46.6. The summed E-state index contributed by atoms with van der Waals surface area (Å²) in [7, 11) is -3.83. The molecule has 1 aliphatic rings. The van der Waals surface area contributed by atoms with E-state index in [4.69, 9.17) is 21.8 Å². The molecule has 0 radical (unpaired) electrons. The second-order valence-electron chi connectivity index (χ2n) is 8.73. The lowest BCUT2D eigenvalue weighted by atomic mass is 9.97. The molecule has 0 fully saturated rings. The van der Waals surface area contributed by atoms with E-state index in [1.54, 1.807) is 17.0 Å². The molecule has 0 saturated heterocycles. The number of fused-ring (bicyclic) bond motifs is 1. The maximum absolute atomic E-state index is 15.1. The largest absolute Gasteiger partial charge is 0.420 e. The van der Waals surface area contributed by atoms with Gasteiger partial charge in [0, 0.05) is 18.0 Å². The fourth-order valence-electron chi connectivity index (χ4n) is 3.42. The van der Waals surface area contributed by atoms with E-state index in [1.807, 2.05) is 20.8 Å². The average molecular weight is 481 g/mol. The third-order valence-electron chi connectivity index (χ3n) is 4.95. The van der Waals surface area contributed by atoms with Gasteiger partial charge in [-0.15, -0.1) is 15.3 Å². The van der Waals surface area contributed by atoms with Gasteiger partial charge in [-0.1, -0.05) is 32.4 Å². The van der Waals surface area contributed by atoms with Gasteiger partial charge in [0.2, 0.25) is 5.89 Å². The molecule has 0 amide bonds. The van der Waals surface area contributed by atoms with Crippen molar-refractivity contribution in [2.45, 2.75) is 43.7 Å². The fourth-order valence-corrected chi connectivity index (χ4v) is 5.16. The molecule has 0 aliphatic carbocycles. The first-order chi connectivity index (χ1) is 14.9. The molecule has 0 unspecified atom stereocenters. The van der Waals surface area contributed by atoms with Crippen LogP contribution in [0.5, 0.6) is 0 Å². The molecule has 2 N–H and O–H groups in total. The van der Waals surface area contributed by atoms with Gasteiger partial charge in [-0.2, -0.15) is 5.10 Å². The van der Waals surface area contributed by atoms with Crippen LogP contribution in [0.25, 0.3) is 11.5 Å². The second kappa shape index (κ2) is 8.05. The Morgan fingerprint density at radius 2 is 1.97 bits per heavy atom. The molecular formula is C20H22ClFN6O3S. The van der Waals surface area contributed by atoms with E-state index in [9.17, 15) is 8.42 Å². The van der Waals surface area contributed by atoms with Crippen LogP contribution >= 0.6 is 11.6 Å². The van der Waals surface area contributed by atoms with Crippen molar-refractivity contribution in [1.29, 1.82) is 0 Å². The predicted octanol–water partition coefficient (Wildman–Crippen LogP) is 2.74. The standard InChI is InChI=1S/C20H22ClFN6O3S/c1-20(2,3)19-27-26-18(31-19)13-6-15-16(7-14(13)22)32(29,30)10-11(23)8-28(15)9-12-4-5-17(21)25-24-12/h4-7,11H,8-10,23H2,1-3H3/t11-/m1/s1. The van der Waals surface area contributed by atoms with Crippen molar-refractivity contribution in [2.24, 2.45) is 5.73 Å². The van der Waals surface area contributed by atoms with Crippen molar-refractivity contribution >= 4 is 27.1 Å². The van der Waals surface area contributed by atoms with Crippen molar-refractivity contribution in [3.05, 3.63) is 46.8 Å². The van der Waals surface area contributed by atoms with E-state index < -0.39 is 27.1 Å². The molecule has 0 spiro atoms. The Morgan fingerprint density at radius 3 is 2.59 bits per heavy atom. The molecule has 0 bridgehead atoms. The lowest BCUT2D eigenvalue weighted by Gasteiger charge is -2.25. The van der Waals surface area contributed by atoms with Crippen molar-refractivity contribution in [3.8, 4) is 11.5 Å². The minimum Gasteiger partial charge on any atom is -0.420 e. The molecule has 170 valence electrons. The summed E-state index contributed by atoms with van der Waals surface area (Å²) in [5.41, 5.74) is 6.49. The number of hydrogen-bond acceptors (Lipinski definition) is 9.